The molecule has 92 valence electrons. The van der Waals surface area contributed by atoms with Crippen molar-refractivity contribution in [3.05, 3.63) is 12.7 Å². The number of carbonyl (C=O) groups excluding carboxylic acids is 1. The number of hydrogen-bond donors (Lipinski definition) is 2. The fourth-order valence-electron chi connectivity index (χ4n) is 1.26. The van der Waals surface area contributed by atoms with Crippen LogP contribution in [0.15, 0.2) is 12.7 Å². The summed E-state index contributed by atoms with van der Waals surface area (Å²) in [5, 5.41) is 5.94. The molecule has 0 aromatic rings. The SMILES string of the molecule is C=CCCOCCNCC(=O)NCC1CC1. The van der Waals surface area contributed by atoms with Gasteiger partial charge in [-0.25, -0.2) is 0 Å². The van der Waals surface area contributed by atoms with Crippen LogP contribution in [-0.4, -0.2) is 38.8 Å². The summed E-state index contributed by atoms with van der Waals surface area (Å²) >= 11 is 0. The molecule has 0 heterocycles. The molecule has 0 spiro atoms. The summed E-state index contributed by atoms with van der Waals surface area (Å²) in [5.74, 6) is 0.823. The highest BCUT2D eigenvalue weighted by Crippen LogP contribution is 2.27. The van der Waals surface area contributed by atoms with Crippen molar-refractivity contribution in [1.82, 2.24) is 10.6 Å². The molecule has 0 bridgehead atoms. The van der Waals surface area contributed by atoms with Crippen molar-refractivity contribution in [2.24, 2.45) is 5.92 Å². The van der Waals surface area contributed by atoms with Crippen LogP contribution in [-0.2, 0) is 9.53 Å². The van der Waals surface area contributed by atoms with Crippen LogP contribution in [0.2, 0.25) is 0 Å². The topological polar surface area (TPSA) is 50.4 Å². The van der Waals surface area contributed by atoms with Gasteiger partial charge >= 0.3 is 0 Å². The van der Waals surface area contributed by atoms with E-state index in [0.717, 1.165) is 18.9 Å². The lowest BCUT2D eigenvalue weighted by Crippen LogP contribution is -2.36. The molecule has 1 saturated carbocycles. The fraction of sp³-hybridized carbons (Fsp3) is 0.750. The van der Waals surface area contributed by atoms with Crippen LogP contribution in [0.25, 0.3) is 0 Å². The number of ether oxygens (including phenoxy) is 1. The summed E-state index contributed by atoms with van der Waals surface area (Å²) in [7, 11) is 0. The summed E-state index contributed by atoms with van der Waals surface area (Å²) in [6, 6.07) is 0. The Morgan fingerprint density at radius 1 is 1.44 bits per heavy atom. The molecule has 2 N–H and O–H groups in total. The van der Waals surface area contributed by atoms with Crippen LogP contribution < -0.4 is 10.6 Å². The van der Waals surface area contributed by atoms with E-state index in [4.69, 9.17) is 4.74 Å². The Morgan fingerprint density at radius 2 is 2.25 bits per heavy atom. The average Bonchev–Trinajstić information content (AvgIpc) is 3.09. The Morgan fingerprint density at radius 3 is 2.94 bits per heavy atom. The van der Waals surface area contributed by atoms with Gasteiger partial charge in [0.2, 0.25) is 5.91 Å². The molecular formula is C12H22N2O2. The third-order valence-corrected chi connectivity index (χ3v) is 2.46. The van der Waals surface area contributed by atoms with Crippen molar-refractivity contribution in [2.75, 3.05) is 32.8 Å². The van der Waals surface area contributed by atoms with Gasteiger partial charge in [0, 0.05) is 13.1 Å². The monoisotopic (exact) mass is 226 g/mol. The molecule has 0 atom stereocenters. The molecule has 1 aliphatic carbocycles. The first-order chi connectivity index (χ1) is 7.83. The molecule has 4 heteroatoms. The van der Waals surface area contributed by atoms with E-state index in [-0.39, 0.29) is 5.91 Å². The minimum atomic E-state index is 0.0815. The molecule has 0 aromatic heterocycles. The summed E-state index contributed by atoms with van der Waals surface area (Å²) in [6.45, 7) is 6.91. The van der Waals surface area contributed by atoms with E-state index >= 15 is 0 Å². The Kier molecular flexibility index (Phi) is 6.85. The normalized spacial score (nSPS) is 14.8. The number of carbonyl (C=O) groups is 1. The number of rotatable bonds is 10. The van der Waals surface area contributed by atoms with Crippen molar-refractivity contribution in [3.63, 3.8) is 0 Å². The zero-order valence-electron chi connectivity index (χ0n) is 9.84. The second-order valence-corrected chi connectivity index (χ2v) is 4.11. The standard InChI is InChI=1S/C12H22N2O2/c1-2-3-7-16-8-6-13-10-12(15)14-9-11-4-5-11/h2,11,13H,1,3-10H2,(H,14,15). The van der Waals surface area contributed by atoms with Gasteiger partial charge in [-0.05, 0) is 25.2 Å². The lowest BCUT2D eigenvalue weighted by Gasteiger charge is -2.06. The smallest absolute Gasteiger partial charge is 0.233 e. The first-order valence-electron chi connectivity index (χ1n) is 5.99. The van der Waals surface area contributed by atoms with Crippen molar-refractivity contribution in [1.29, 1.82) is 0 Å². The highest BCUT2D eigenvalue weighted by Gasteiger charge is 2.21. The molecule has 0 aromatic carbocycles. The summed E-state index contributed by atoms with van der Waals surface area (Å²) < 4.78 is 5.30. The fourth-order valence-corrected chi connectivity index (χ4v) is 1.26. The molecule has 4 nitrogen and oxygen atoms in total. The van der Waals surface area contributed by atoms with Gasteiger partial charge in [-0.3, -0.25) is 4.79 Å². The van der Waals surface area contributed by atoms with Gasteiger partial charge < -0.3 is 15.4 Å². The molecule has 1 rings (SSSR count). The van der Waals surface area contributed by atoms with Crippen molar-refractivity contribution >= 4 is 5.91 Å². The van der Waals surface area contributed by atoms with Gasteiger partial charge in [0.25, 0.3) is 0 Å². The number of nitrogens with one attached hydrogen (secondary N) is 2. The maximum absolute atomic E-state index is 11.3. The molecule has 1 amide bonds. The van der Waals surface area contributed by atoms with E-state index in [1.54, 1.807) is 0 Å². The molecule has 1 aliphatic rings. The Hall–Kier alpha value is -0.870. The van der Waals surface area contributed by atoms with Crippen LogP contribution in [0.3, 0.4) is 0 Å². The Balaban J connectivity index is 1.78. The van der Waals surface area contributed by atoms with E-state index in [2.05, 4.69) is 17.2 Å². The molecule has 0 radical (unpaired) electrons. The van der Waals surface area contributed by atoms with Gasteiger partial charge in [-0.1, -0.05) is 6.08 Å². The van der Waals surface area contributed by atoms with Crippen molar-refractivity contribution in [3.8, 4) is 0 Å². The Labute approximate surface area is 97.4 Å². The van der Waals surface area contributed by atoms with Gasteiger partial charge in [0.15, 0.2) is 0 Å². The highest BCUT2D eigenvalue weighted by atomic mass is 16.5. The van der Waals surface area contributed by atoms with Gasteiger partial charge in [-0.15, -0.1) is 6.58 Å². The first-order valence-corrected chi connectivity index (χ1v) is 5.99. The van der Waals surface area contributed by atoms with Gasteiger partial charge in [0.05, 0.1) is 19.8 Å². The van der Waals surface area contributed by atoms with Crippen molar-refractivity contribution in [2.45, 2.75) is 19.3 Å². The first kappa shape index (κ1) is 13.2. The summed E-state index contributed by atoms with van der Waals surface area (Å²) in [5.41, 5.74) is 0. The van der Waals surface area contributed by atoms with Gasteiger partial charge in [0.1, 0.15) is 0 Å². The number of hydrogen-bond acceptors (Lipinski definition) is 3. The lowest BCUT2D eigenvalue weighted by atomic mass is 10.4. The summed E-state index contributed by atoms with van der Waals surface area (Å²) in [6.07, 6.45) is 5.25. The third kappa shape index (κ3) is 7.43. The Bertz CT molecular complexity index is 215. The van der Waals surface area contributed by atoms with E-state index in [0.29, 0.717) is 26.3 Å². The van der Waals surface area contributed by atoms with Crippen LogP contribution in [0.1, 0.15) is 19.3 Å². The van der Waals surface area contributed by atoms with E-state index in [9.17, 15) is 4.79 Å². The highest BCUT2D eigenvalue weighted by molar-refractivity contribution is 5.77. The quantitative estimate of drug-likeness (QED) is 0.426. The summed E-state index contributed by atoms with van der Waals surface area (Å²) in [4.78, 5) is 11.3. The molecule has 16 heavy (non-hydrogen) atoms. The zero-order valence-corrected chi connectivity index (χ0v) is 9.84. The minimum Gasteiger partial charge on any atom is -0.380 e. The maximum atomic E-state index is 11.3. The predicted octanol–water partition coefficient (Wildman–Crippen LogP) is 0.695. The van der Waals surface area contributed by atoms with Gasteiger partial charge in [-0.2, -0.15) is 0 Å². The second-order valence-electron chi connectivity index (χ2n) is 4.11. The van der Waals surface area contributed by atoms with Crippen molar-refractivity contribution < 1.29 is 9.53 Å². The van der Waals surface area contributed by atoms with E-state index in [1.165, 1.54) is 12.8 Å². The molecule has 0 unspecified atom stereocenters. The molecular weight excluding hydrogens is 204 g/mol. The minimum absolute atomic E-state index is 0.0815. The zero-order chi connectivity index (χ0) is 11.6. The van der Waals surface area contributed by atoms with E-state index < -0.39 is 0 Å². The third-order valence-electron chi connectivity index (χ3n) is 2.46. The molecule has 1 fully saturated rings. The predicted molar refractivity (Wildman–Crippen MR) is 64.2 cm³/mol. The van der Waals surface area contributed by atoms with Crippen LogP contribution in [0.4, 0.5) is 0 Å². The molecule has 0 aliphatic heterocycles. The average molecular weight is 226 g/mol. The van der Waals surface area contributed by atoms with Crippen LogP contribution in [0.5, 0.6) is 0 Å². The van der Waals surface area contributed by atoms with E-state index in [1.807, 2.05) is 6.08 Å². The second kappa shape index (κ2) is 8.30. The lowest BCUT2D eigenvalue weighted by molar-refractivity contribution is -0.120. The maximum Gasteiger partial charge on any atom is 0.233 e. The van der Waals surface area contributed by atoms with Crippen LogP contribution in [0, 0.1) is 5.92 Å². The van der Waals surface area contributed by atoms with Crippen LogP contribution >= 0.6 is 0 Å². The number of amides is 1. The largest absolute Gasteiger partial charge is 0.380 e. The molecule has 0 saturated heterocycles.